The molecule has 0 spiro atoms. The molecule has 5 heteroatoms. The van der Waals surface area contributed by atoms with Gasteiger partial charge in [-0.1, -0.05) is 48.3 Å². The summed E-state index contributed by atoms with van der Waals surface area (Å²) in [7, 11) is 0. The zero-order valence-corrected chi connectivity index (χ0v) is 13.6. The number of fused-ring (bicyclic) bond motifs is 1. The van der Waals surface area contributed by atoms with Crippen molar-refractivity contribution in [2.75, 3.05) is 0 Å². The van der Waals surface area contributed by atoms with Crippen molar-refractivity contribution < 1.29 is 14.4 Å². The molecule has 2 heterocycles. The van der Waals surface area contributed by atoms with Crippen molar-refractivity contribution in [1.29, 1.82) is 0 Å². The van der Waals surface area contributed by atoms with Crippen LogP contribution in [0.3, 0.4) is 0 Å². The number of nitrogens with zero attached hydrogens (tertiary/aromatic N) is 2. The molecule has 4 rings (SSSR count). The lowest BCUT2D eigenvalue weighted by Crippen LogP contribution is -2.41. The lowest BCUT2D eigenvalue weighted by molar-refractivity contribution is -0.143. The molecule has 2 aromatic rings. The minimum atomic E-state index is -0.716. The van der Waals surface area contributed by atoms with E-state index in [4.69, 9.17) is 4.52 Å². The number of carboxylic acid groups (broad SMARTS) is 1. The molecule has 2 fully saturated rings. The number of rotatable bonds is 4. The van der Waals surface area contributed by atoms with Crippen molar-refractivity contribution in [3.63, 3.8) is 0 Å². The summed E-state index contributed by atoms with van der Waals surface area (Å²) in [6.45, 7) is 0.526. The van der Waals surface area contributed by atoms with Gasteiger partial charge in [0.25, 0.3) is 0 Å². The van der Waals surface area contributed by atoms with Crippen molar-refractivity contribution in [3.8, 4) is 11.3 Å². The monoisotopic (exact) mass is 326 g/mol. The van der Waals surface area contributed by atoms with Gasteiger partial charge in [0, 0.05) is 17.7 Å². The molecular formula is C19H22N2O3. The number of benzene rings is 1. The van der Waals surface area contributed by atoms with E-state index < -0.39 is 12.0 Å². The van der Waals surface area contributed by atoms with Gasteiger partial charge in [0.2, 0.25) is 0 Å². The van der Waals surface area contributed by atoms with Gasteiger partial charge >= 0.3 is 5.97 Å². The number of carbonyl (C=O) groups is 1. The number of aliphatic carboxylic acids is 1. The highest BCUT2D eigenvalue weighted by molar-refractivity contribution is 5.74. The number of aromatic nitrogens is 1. The molecule has 3 atom stereocenters. The van der Waals surface area contributed by atoms with Gasteiger partial charge in [-0.25, -0.2) is 0 Å². The van der Waals surface area contributed by atoms with Crippen molar-refractivity contribution in [3.05, 3.63) is 42.2 Å². The first kappa shape index (κ1) is 15.4. The summed E-state index contributed by atoms with van der Waals surface area (Å²) in [4.78, 5) is 13.8. The molecule has 2 aliphatic rings. The summed E-state index contributed by atoms with van der Waals surface area (Å²) < 4.78 is 5.50. The van der Waals surface area contributed by atoms with Gasteiger partial charge < -0.3 is 9.63 Å². The van der Waals surface area contributed by atoms with Crippen molar-refractivity contribution in [2.45, 2.75) is 50.7 Å². The summed E-state index contributed by atoms with van der Waals surface area (Å²) in [6, 6.07) is 11.8. The first-order valence-electron chi connectivity index (χ1n) is 8.72. The third-order valence-electron chi connectivity index (χ3n) is 5.47. The Balaban J connectivity index is 1.55. The maximum absolute atomic E-state index is 11.7. The first-order chi connectivity index (χ1) is 11.7. The Hall–Kier alpha value is -2.14. The number of carboxylic acids is 1. The first-order valence-corrected chi connectivity index (χ1v) is 8.72. The van der Waals surface area contributed by atoms with Crippen LogP contribution in [0.5, 0.6) is 0 Å². The predicted molar refractivity (Wildman–Crippen MR) is 89.3 cm³/mol. The van der Waals surface area contributed by atoms with E-state index in [0.717, 1.165) is 36.3 Å². The molecule has 1 aliphatic heterocycles. The Morgan fingerprint density at radius 3 is 2.83 bits per heavy atom. The van der Waals surface area contributed by atoms with E-state index in [1.54, 1.807) is 0 Å². The summed E-state index contributed by atoms with van der Waals surface area (Å²) >= 11 is 0. The Morgan fingerprint density at radius 1 is 1.25 bits per heavy atom. The molecule has 1 saturated heterocycles. The molecule has 3 unspecified atom stereocenters. The average Bonchev–Trinajstić information content (AvgIpc) is 3.21. The fourth-order valence-corrected chi connectivity index (χ4v) is 4.34. The summed E-state index contributed by atoms with van der Waals surface area (Å²) in [6.07, 6.45) is 5.42. The molecule has 5 nitrogen and oxygen atoms in total. The third-order valence-corrected chi connectivity index (χ3v) is 5.47. The molecule has 126 valence electrons. The smallest absolute Gasteiger partial charge is 0.320 e. The number of hydrogen-bond donors (Lipinski definition) is 1. The normalized spacial score (nSPS) is 27.1. The number of likely N-dealkylation sites (tertiary alicyclic amines) is 1. The van der Waals surface area contributed by atoms with E-state index in [1.165, 1.54) is 12.8 Å². The highest BCUT2D eigenvalue weighted by Crippen LogP contribution is 2.40. The Morgan fingerprint density at radius 2 is 2.04 bits per heavy atom. The van der Waals surface area contributed by atoms with Gasteiger partial charge in [-0.3, -0.25) is 9.69 Å². The van der Waals surface area contributed by atoms with Crippen molar-refractivity contribution >= 4 is 5.97 Å². The van der Waals surface area contributed by atoms with Crippen LogP contribution >= 0.6 is 0 Å². The Bertz CT molecular complexity index is 712. The lowest BCUT2D eigenvalue weighted by atomic mass is 9.85. The largest absolute Gasteiger partial charge is 0.480 e. The average molecular weight is 326 g/mol. The topological polar surface area (TPSA) is 66.6 Å². The molecule has 1 N–H and O–H groups in total. The molecule has 0 radical (unpaired) electrons. The summed E-state index contributed by atoms with van der Waals surface area (Å²) in [5.74, 6) is 0.537. The van der Waals surface area contributed by atoms with Crippen LogP contribution in [0.1, 0.15) is 37.9 Å². The maximum atomic E-state index is 11.7. The highest BCUT2D eigenvalue weighted by atomic mass is 16.5. The molecule has 0 bridgehead atoms. The standard InChI is InChI=1S/C19H22N2O3/c22-19(23)18-10-14-8-4-5-9-17(14)21(18)12-15-11-16(20-24-15)13-6-2-1-3-7-13/h1-3,6-7,11,14,17-18H,4-5,8-10,12H2,(H,22,23). The minimum Gasteiger partial charge on any atom is -0.480 e. The summed E-state index contributed by atoms with van der Waals surface area (Å²) in [5.41, 5.74) is 1.82. The van der Waals surface area contributed by atoms with Crippen LogP contribution in [0.25, 0.3) is 11.3 Å². The van der Waals surface area contributed by atoms with E-state index in [1.807, 2.05) is 36.4 Å². The van der Waals surface area contributed by atoms with Crippen LogP contribution in [0.2, 0.25) is 0 Å². The minimum absolute atomic E-state index is 0.366. The molecular weight excluding hydrogens is 304 g/mol. The Labute approximate surface area is 141 Å². The van der Waals surface area contributed by atoms with Crippen LogP contribution in [0.4, 0.5) is 0 Å². The highest BCUT2D eigenvalue weighted by Gasteiger charge is 2.45. The van der Waals surface area contributed by atoms with Crippen molar-refractivity contribution in [1.82, 2.24) is 10.1 Å². The van der Waals surface area contributed by atoms with Gasteiger partial charge in [-0.15, -0.1) is 0 Å². The van der Waals surface area contributed by atoms with E-state index >= 15 is 0 Å². The van der Waals surface area contributed by atoms with Crippen LogP contribution < -0.4 is 0 Å². The van der Waals surface area contributed by atoms with Gasteiger partial charge in [0.1, 0.15) is 11.7 Å². The third kappa shape index (κ3) is 2.84. The quantitative estimate of drug-likeness (QED) is 0.930. The molecule has 0 amide bonds. The predicted octanol–water partition coefficient (Wildman–Crippen LogP) is 3.56. The molecule has 1 saturated carbocycles. The lowest BCUT2D eigenvalue weighted by Gasteiger charge is -2.32. The fourth-order valence-electron chi connectivity index (χ4n) is 4.34. The Kier molecular flexibility index (Phi) is 4.10. The zero-order valence-electron chi connectivity index (χ0n) is 13.6. The second-order valence-corrected chi connectivity index (χ2v) is 6.92. The maximum Gasteiger partial charge on any atom is 0.320 e. The van der Waals surface area contributed by atoms with Gasteiger partial charge in [-0.05, 0) is 25.2 Å². The molecule has 24 heavy (non-hydrogen) atoms. The second kappa shape index (κ2) is 6.40. The summed E-state index contributed by atoms with van der Waals surface area (Å²) in [5, 5.41) is 13.8. The van der Waals surface area contributed by atoms with Gasteiger partial charge in [0.15, 0.2) is 5.76 Å². The molecule has 1 aliphatic carbocycles. The number of hydrogen-bond acceptors (Lipinski definition) is 4. The SMILES string of the molecule is O=C(O)C1CC2CCCCC2N1Cc1cc(-c2ccccc2)no1. The van der Waals surface area contributed by atoms with Crippen molar-refractivity contribution in [2.24, 2.45) is 5.92 Å². The van der Waals surface area contributed by atoms with Gasteiger partial charge in [-0.2, -0.15) is 0 Å². The van der Waals surface area contributed by atoms with E-state index in [9.17, 15) is 9.90 Å². The second-order valence-electron chi connectivity index (χ2n) is 6.92. The van der Waals surface area contributed by atoms with Crippen LogP contribution in [-0.4, -0.2) is 33.2 Å². The van der Waals surface area contributed by atoms with Crippen LogP contribution in [0.15, 0.2) is 40.9 Å². The zero-order chi connectivity index (χ0) is 16.5. The van der Waals surface area contributed by atoms with E-state index in [0.29, 0.717) is 18.5 Å². The molecule has 1 aromatic carbocycles. The van der Waals surface area contributed by atoms with Crippen LogP contribution in [-0.2, 0) is 11.3 Å². The van der Waals surface area contributed by atoms with Gasteiger partial charge in [0.05, 0.1) is 6.54 Å². The fraction of sp³-hybridized carbons (Fsp3) is 0.474. The van der Waals surface area contributed by atoms with E-state index in [-0.39, 0.29) is 0 Å². The van der Waals surface area contributed by atoms with Crippen LogP contribution in [0, 0.1) is 5.92 Å². The molecule has 1 aromatic heterocycles. The van der Waals surface area contributed by atoms with E-state index in [2.05, 4.69) is 10.1 Å².